The number of benzene rings is 1. The highest BCUT2D eigenvalue weighted by Crippen LogP contribution is 2.18. The Morgan fingerprint density at radius 3 is 2.35 bits per heavy atom. The Kier molecular flexibility index (Phi) is 3.58. The van der Waals surface area contributed by atoms with E-state index in [-0.39, 0.29) is 21.9 Å². The lowest BCUT2D eigenvalue weighted by atomic mass is 10.2. The van der Waals surface area contributed by atoms with Gasteiger partial charge in [-0.25, -0.2) is 17.5 Å². The van der Waals surface area contributed by atoms with Crippen LogP contribution in [0.2, 0.25) is 0 Å². The lowest BCUT2D eigenvalue weighted by Crippen LogP contribution is -2.31. The molecule has 0 atom stereocenters. The maximum Gasteiger partial charge on any atom is 0.269 e. The highest BCUT2D eigenvalue weighted by Gasteiger charge is 2.26. The van der Waals surface area contributed by atoms with Crippen molar-refractivity contribution in [3.8, 4) is 0 Å². The number of aromatic nitrogens is 1. The zero-order valence-corrected chi connectivity index (χ0v) is 11.5. The van der Waals surface area contributed by atoms with Crippen molar-refractivity contribution in [3.63, 3.8) is 0 Å². The summed E-state index contributed by atoms with van der Waals surface area (Å²) in [5.74, 6) is -1.29. The molecule has 6 nitrogen and oxygen atoms in total. The maximum absolute atomic E-state index is 12.7. The van der Waals surface area contributed by atoms with Crippen LogP contribution in [-0.4, -0.2) is 19.5 Å². The summed E-state index contributed by atoms with van der Waals surface area (Å²) >= 11 is 0. The number of nitrogens with zero attached hydrogens (tertiary/aromatic N) is 1. The Labute approximate surface area is 114 Å². The van der Waals surface area contributed by atoms with Crippen molar-refractivity contribution >= 4 is 15.9 Å². The van der Waals surface area contributed by atoms with Gasteiger partial charge in [-0.1, -0.05) is 5.16 Å². The van der Waals surface area contributed by atoms with Gasteiger partial charge in [-0.3, -0.25) is 4.79 Å². The van der Waals surface area contributed by atoms with Crippen molar-refractivity contribution in [2.75, 3.05) is 0 Å². The van der Waals surface area contributed by atoms with Gasteiger partial charge in [-0.15, -0.1) is 0 Å². The lowest BCUT2D eigenvalue weighted by molar-refractivity contribution is 0.0981. The number of amides is 1. The molecular formula is C12H11FN2O4S. The first-order valence-corrected chi connectivity index (χ1v) is 7.05. The molecule has 106 valence electrons. The number of halogens is 1. The molecule has 0 aliphatic rings. The fourth-order valence-electron chi connectivity index (χ4n) is 1.69. The molecule has 0 aliphatic carbocycles. The van der Waals surface area contributed by atoms with E-state index >= 15 is 0 Å². The molecule has 0 aliphatic heterocycles. The first-order chi connectivity index (χ1) is 9.31. The van der Waals surface area contributed by atoms with Gasteiger partial charge in [-0.2, -0.15) is 0 Å². The molecule has 0 spiro atoms. The van der Waals surface area contributed by atoms with E-state index in [1.165, 1.54) is 26.0 Å². The zero-order chi connectivity index (χ0) is 14.9. The SMILES string of the molecule is Cc1noc(C)c1S(=O)(=O)NC(=O)c1ccc(F)cc1. The van der Waals surface area contributed by atoms with E-state index in [1.54, 1.807) is 0 Å². The average molecular weight is 298 g/mol. The number of aryl methyl sites for hydroxylation is 2. The third kappa shape index (κ3) is 2.69. The fraction of sp³-hybridized carbons (Fsp3) is 0.167. The van der Waals surface area contributed by atoms with Gasteiger partial charge in [0.05, 0.1) is 0 Å². The van der Waals surface area contributed by atoms with Crippen LogP contribution in [0.4, 0.5) is 4.39 Å². The lowest BCUT2D eigenvalue weighted by Gasteiger charge is -2.06. The minimum Gasteiger partial charge on any atom is -0.360 e. The second-order valence-electron chi connectivity index (χ2n) is 4.09. The van der Waals surface area contributed by atoms with Crippen molar-refractivity contribution in [2.45, 2.75) is 18.7 Å². The molecule has 0 fully saturated rings. The highest BCUT2D eigenvalue weighted by atomic mass is 32.2. The topological polar surface area (TPSA) is 89.3 Å². The number of rotatable bonds is 3. The molecule has 20 heavy (non-hydrogen) atoms. The van der Waals surface area contributed by atoms with E-state index in [0.29, 0.717) is 0 Å². The maximum atomic E-state index is 12.7. The number of hydrogen-bond acceptors (Lipinski definition) is 5. The van der Waals surface area contributed by atoms with E-state index < -0.39 is 21.7 Å². The average Bonchev–Trinajstić information content (AvgIpc) is 2.69. The Balaban J connectivity index is 2.29. The van der Waals surface area contributed by atoms with Crippen LogP contribution in [0.5, 0.6) is 0 Å². The van der Waals surface area contributed by atoms with Crippen molar-refractivity contribution < 1.29 is 22.1 Å². The van der Waals surface area contributed by atoms with Gasteiger partial charge in [0.25, 0.3) is 15.9 Å². The normalized spacial score (nSPS) is 11.3. The first kappa shape index (κ1) is 14.2. The molecule has 1 amide bonds. The summed E-state index contributed by atoms with van der Waals surface area (Å²) in [4.78, 5) is 11.7. The van der Waals surface area contributed by atoms with E-state index in [1.807, 2.05) is 4.72 Å². The molecule has 1 aromatic carbocycles. The third-order valence-corrected chi connectivity index (χ3v) is 4.14. The fourth-order valence-corrected chi connectivity index (χ4v) is 3.00. The summed E-state index contributed by atoms with van der Waals surface area (Å²) in [6.45, 7) is 2.88. The summed E-state index contributed by atoms with van der Waals surface area (Å²) in [7, 11) is -4.09. The van der Waals surface area contributed by atoms with Crippen LogP contribution in [0, 0.1) is 19.7 Å². The number of sulfonamides is 1. The molecule has 2 aromatic rings. The molecule has 0 unspecified atom stereocenters. The van der Waals surface area contributed by atoms with Gasteiger partial charge in [0.2, 0.25) is 0 Å². The highest BCUT2D eigenvalue weighted by molar-refractivity contribution is 7.90. The molecule has 0 bridgehead atoms. The third-order valence-electron chi connectivity index (χ3n) is 2.57. The summed E-state index contributed by atoms with van der Waals surface area (Å²) in [6, 6.07) is 4.51. The van der Waals surface area contributed by atoms with Crippen LogP contribution in [0.1, 0.15) is 21.8 Å². The molecule has 2 rings (SSSR count). The standard InChI is InChI=1S/C12H11FN2O4S/c1-7-11(8(2)19-14-7)20(17,18)15-12(16)9-3-5-10(13)6-4-9/h3-6H,1-2H3,(H,15,16). The summed E-state index contributed by atoms with van der Waals surface area (Å²) in [5.41, 5.74) is 0.184. The van der Waals surface area contributed by atoms with Crippen LogP contribution in [-0.2, 0) is 10.0 Å². The molecule has 1 N–H and O–H groups in total. The number of carbonyl (C=O) groups excluding carboxylic acids is 1. The second-order valence-corrected chi connectivity index (χ2v) is 5.71. The van der Waals surface area contributed by atoms with Crippen molar-refractivity contribution in [1.29, 1.82) is 0 Å². The second kappa shape index (κ2) is 5.04. The predicted molar refractivity (Wildman–Crippen MR) is 67.0 cm³/mol. The monoisotopic (exact) mass is 298 g/mol. The number of hydrogen-bond donors (Lipinski definition) is 1. The van der Waals surface area contributed by atoms with Gasteiger partial charge in [0.1, 0.15) is 11.5 Å². The molecule has 0 saturated heterocycles. The Morgan fingerprint density at radius 1 is 1.25 bits per heavy atom. The van der Waals surface area contributed by atoms with Crippen LogP contribution in [0.25, 0.3) is 0 Å². The molecule has 0 radical (unpaired) electrons. The smallest absolute Gasteiger partial charge is 0.269 e. The van der Waals surface area contributed by atoms with Crippen molar-refractivity contribution in [3.05, 3.63) is 47.1 Å². The van der Waals surface area contributed by atoms with Gasteiger partial charge in [-0.05, 0) is 38.1 Å². The quantitative estimate of drug-likeness (QED) is 0.928. The molecule has 8 heteroatoms. The minimum absolute atomic E-state index is 0.0294. The van der Waals surface area contributed by atoms with E-state index in [4.69, 9.17) is 4.52 Å². The van der Waals surface area contributed by atoms with Crippen molar-refractivity contribution in [1.82, 2.24) is 9.88 Å². The Hall–Kier alpha value is -2.22. The molecule has 1 aromatic heterocycles. The van der Waals surface area contributed by atoms with Gasteiger partial charge >= 0.3 is 0 Å². The minimum atomic E-state index is -4.09. The van der Waals surface area contributed by atoms with E-state index in [0.717, 1.165) is 12.1 Å². The van der Waals surface area contributed by atoms with Crippen molar-refractivity contribution in [2.24, 2.45) is 0 Å². The van der Waals surface area contributed by atoms with Gasteiger partial charge in [0.15, 0.2) is 10.7 Å². The molecule has 1 heterocycles. The largest absolute Gasteiger partial charge is 0.360 e. The Bertz CT molecular complexity index is 731. The first-order valence-electron chi connectivity index (χ1n) is 5.57. The number of nitrogens with one attached hydrogen (secondary N) is 1. The molecule has 0 saturated carbocycles. The van der Waals surface area contributed by atoms with Gasteiger partial charge < -0.3 is 4.52 Å². The van der Waals surface area contributed by atoms with E-state index in [9.17, 15) is 17.6 Å². The predicted octanol–water partition coefficient (Wildman–Crippen LogP) is 1.55. The summed E-state index contributed by atoms with van der Waals surface area (Å²) in [5, 5.41) is 3.52. The van der Waals surface area contributed by atoms with Crippen LogP contribution in [0.15, 0.2) is 33.7 Å². The zero-order valence-electron chi connectivity index (χ0n) is 10.7. The Morgan fingerprint density at radius 2 is 1.85 bits per heavy atom. The van der Waals surface area contributed by atoms with Crippen LogP contribution in [0.3, 0.4) is 0 Å². The van der Waals surface area contributed by atoms with Gasteiger partial charge in [0, 0.05) is 5.56 Å². The van der Waals surface area contributed by atoms with E-state index in [2.05, 4.69) is 5.16 Å². The van der Waals surface area contributed by atoms with Crippen LogP contribution < -0.4 is 4.72 Å². The summed E-state index contributed by atoms with van der Waals surface area (Å²) in [6.07, 6.45) is 0. The number of carbonyl (C=O) groups is 1. The molecular weight excluding hydrogens is 287 g/mol. The van der Waals surface area contributed by atoms with Crippen LogP contribution >= 0.6 is 0 Å². The summed E-state index contributed by atoms with van der Waals surface area (Å²) < 4.78 is 43.5.